The molecule has 0 N–H and O–H groups in total. The van der Waals surface area contributed by atoms with Crippen molar-refractivity contribution in [3.05, 3.63) is 42.2 Å². The Hall–Kier alpha value is -2.24. The molecule has 0 aliphatic heterocycles. The van der Waals surface area contributed by atoms with Crippen LogP contribution in [0.3, 0.4) is 0 Å². The van der Waals surface area contributed by atoms with E-state index < -0.39 is 0 Å². The normalized spacial score (nSPS) is 12.2. The smallest absolute Gasteiger partial charge is 0.247 e. The first-order valence-electron chi connectivity index (χ1n) is 6.08. The van der Waals surface area contributed by atoms with Crippen LogP contribution in [0.25, 0.3) is 0 Å². The minimum absolute atomic E-state index is 0.00578. The molecule has 0 bridgehead atoms. The van der Waals surface area contributed by atoms with Crippen molar-refractivity contribution in [3.8, 4) is 0 Å². The molecule has 0 fully saturated rings. The van der Waals surface area contributed by atoms with Crippen LogP contribution in [0.15, 0.2) is 31.0 Å². The van der Waals surface area contributed by atoms with Crippen molar-refractivity contribution in [2.24, 2.45) is 0 Å². The fourth-order valence-corrected chi connectivity index (χ4v) is 1.81. The number of aryl methyl sites for hydroxylation is 1. The molecule has 1 atom stereocenters. The van der Waals surface area contributed by atoms with Crippen LogP contribution in [0.1, 0.15) is 24.2 Å². The Morgan fingerprint density at radius 2 is 2.21 bits per heavy atom. The highest BCUT2D eigenvalue weighted by Crippen LogP contribution is 2.10. The number of rotatable bonds is 4. The fraction of sp³-hybridized carbons (Fsp3) is 0.385. The van der Waals surface area contributed by atoms with E-state index in [9.17, 15) is 4.79 Å². The highest BCUT2D eigenvalue weighted by molar-refractivity contribution is 5.79. The molecule has 1 unspecified atom stereocenters. The molecule has 2 heterocycles. The third kappa shape index (κ3) is 3.15. The van der Waals surface area contributed by atoms with E-state index >= 15 is 0 Å². The van der Waals surface area contributed by atoms with Crippen LogP contribution in [0.5, 0.6) is 0 Å². The van der Waals surface area contributed by atoms with Crippen molar-refractivity contribution < 1.29 is 4.79 Å². The first kappa shape index (κ1) is 13.2. The van der Waals surface area contributed by atoms with Crippen LogP contribution in [0.2, 0.25) is 0 Å². The molecule has 0 saturated heterocycles. The molecule has 2 aromatic heterocycles. The third-order valence-corrected chi connectivity index (χ3v) is 2.88. The van der Waals surface area contributed by atoms with Gasteiger partial charge in [-0.15, -0.1) is 0 Å². The lowest BCUT2D eigenvalue weighted by Crippen LogP contribution is -2.33. The lowest BCUT2D eigenvalue weighted by Gasteiger charge is -2.21. The van der Waals surface area contributed by atoms with Gasteiger partial charge in [0.25, 0.3) is 0 Å². The second-order valence-electron chi connectivity index (χ2n) is 4.56. The summed E-state index contributed by atoms with van der Waals surface area (Å²) in [5.74, 6) is -0.00578. The number of carbonyl (C=O) groups is 1. The lowest BCUT2D eigenvalue weighted by molar-refractivity contribution is -0.133. The minimum Gasteiger partial charge on any atom is -0.338 e. The topological polar surface area (TPSA) is 63.9 Å². The van der Waals surface area contributed by atoms with Crippen molar-refractivity contribution in [2.45, 2.75) is 26.4 Å². The van der Waals surface area contributed by atoms with Gasteiger partial charge in [0.15, 0.2) is 0 Å². The van der Waals surface area contributed by atoms with E-state index in [-0.39, 0.29) is 11.9 Å². The summed E-state index contributed by atoms with van der Waals surface area (Å²) in [6.07, 6.45) is 8.49. The number of hydrogen-bond acceptors (Lipinski definition) is 4. The number of aromatic nitrogens is 4. The summed E-state index contributed by atoms with van der Waals surface area (Å²) in [5.41, 5.74) is 1.80. The first-order valence-corrected chi connectivity index (χ1v) is 6.08. The minimum atomic E-state index is -0.324. The van der Waals surface area contributed by atoms with Crippen molar-refractivity contribution in [1.29, 1.82) is 0 Å². The van der Waals surface area contributed by atoms with E-state index in [0.717, 1.165) is 11.3 Å². The van der Waals surface area contributed by atoms with Gasteiger partial charge in [-0.2, -0.15) is 5.10 Å². The summed E-state index contributed by atoms with van der Waals surface area (Å²) in [6, 6.07) is -0.324. The SMILES string of the molecule is Cc1cnn(C(C)C(=O)N(C)Cc2cnccn2)c1. The molecule has 0 aliphatic carbocycles. The van der Waals surface area contributed by atoms with Gasteiger partial charge in [-0.3, -0.25) is 19.4 Å². The van der Waals surface area contributed by atoms with Gasteiger partial charge >= 0.3 is 0 Å². The van der Waals surface area contributed by atoms with Gasteiger partial charge in [0, 0.05) is 25.6 Å². The zero-order valence-corrected chi connectivity index (χ0v) is 11.3. The molecule has 2 aromatic rings. The lowest BCUT2D eigenvalue weighted by atomic mass is 10.3. The molecule has 0 aromatic carbocycles. The number of likely N-dealkylation sites (N-methyl/N-ethyl adjacent to an activating group) is 1. The summed E-state index contributed by atoms with van der Waals surface area (Å²) in [6.45, 7) is 4.23. The van der Waals surface area contributed by atoms with Crippen molar-refractivity contribution in [3.63, 3.8) is 0 Å². The van der Waals surface area contributed by atoms with Gasteiger partial charge in [0.2, 0.25) is 5.91 Å². The van der Waals surface area contributed by atoms with E-state index in [1.807, 2.05) is 20.0 Å². The third-order valence-electron chi connectivity index (χ3n) is 2.88. The summed E-state index contributed by atoms with van der Waals surface area (Å²) in [7, 11) is 1.75. The highest BCUT2D eigenvalue weighted by atomic mass is 16.2. The first-order chi connectivity index (χ1) is 9.08. The van der Waals surface area contributed by atoms with Gasteiger partial charge in [0.1, 0.15) is 6.04 Å². The summed E-state index contributed by atoms with van der Waals surface area (Å²) in [5, 5.41) is 4.17. The van der Waals surface area contributed by atoms with Crippen LogP contribution >= 0.6 is 0 Å². The van der Waals surface area contributed by atoms with Crippen LogP contribution in [-0.4, -0.2) is 37.6 Å². The Balaban J connectivity index is 2.03. The zero-order chi connectivity index (χ0) is 13.8. The Morgan fingerprint density at radius 1 is 1.42 bits per heavy atom. The summed E-state index contributed by atoms with van der Waals surface area (Å²) >= 11 is 0. The van der Waals surface area contributed by atoms with Crippen LogP contribution in [-0.2, 0) is 11.3 Å². The molecule has 19 heavy (non-hydrogen) atoms. The van der Waals surface area contributed by atoms with Gasteiger partial charge in [-0.1, -0.05) is 0 Å². The standard InChI is InChI=1S/C13H17N5O/c1-10-6-16-18(8-10)11(2)13(19)17(3)9-12-7-14-4-5-15-12/h4-8,11H,9H2,1-3H3. The van der Waals surface area contributed by atoms with Crippen LogP contribution < -0.4 is 0 Å². The molecule has 6 nitrogen and oxygen atoms in total. The number of amides is 1. The highest BCUT2D eigenvalue weighted by Gasteiger charge is 2.20. The monoisotopic (exact) mass is 259 g/mol. The molecular formula is C13H17N5O. The number of hydrogen-bond donors (Lipinski definition) is 0. The van der Waals surface area contributed by atoms with E-state index in [0.29, 0.717) is 6.54 Å². The van der Waals surface area contributed by atoms with Gasteiger partial charge in [-0.05, 0) is 19.4 Å². The van der Waals surface area contributed by atoms with Gasteiger partial charge in [0.05, 0.1) is 24.6 Å². The second-order valence-corrected chi connectivity index (χ2v) is 4.56. The average molecular weight is 259 g/mol. The van der Waals surface area contributed by atoms with Crippen molar-refractivity contribution >= 4 is 5.91 Å². The van der Waals surface area contributed by atoms with Crippen molar-refractivity contribution in [1.82, 2.24) is 24.6 Å². The molecular weight excluding hydrogens is 242 g/mol. The predicted octanol–water partition coefficient (Wildman–Crippen LogP) is 1.20. The zero-order valence-electron chi connectivity index (χ0n) is 11.3. The van der Waals surface area contributed by atoms with Gasteiger partial charge < -0.3 is 4.90 Å². The van der Waals surface area contributed by atoms with Gasteiger partial charge in [-0.25, -0.2) is 0 Å². The molecule has 0 spiro atoms. The largest absolute Gasteiger partial charge is 0.338 e. The molecule has 0 aliphatic rings. The van der Waals surface area contributed by atoms with Crippen LogP contribution in [0, 0.1) is 6.92 Å². The molecule has 0 saturated carbocycles. The Labute approximate surface area is 112 Å². The maximum atomic E-state index is 12.3. The quantitative estimate of drug-likeness (QED) is 0.827. The number of nitrogens with zero attached hydrogens (tertiary/aromatic N) is 5. The average Bonchev–Trinajstić information content (AvgIpc) is 2.85. The van der Waals surface area contributed by atoms with Crippen molar-refractivity contribution in [2.75, 3.05) is 7.05 Å². The molecule has 6 heteroatoms. The fourth-order valence-electron chi connectivity index (χ4n) is 1.81. The maximum absolute atomic E-state index is 12.3. The Morgan fingerprint density at radius 3 is 2.79 bits per heavy atom. The number of carbonyl (C=O) groups excluding carboxylic acids is 1. The molecule has 100 valence electrons. The molecule has 0 radical (unpaired) electrons. The summed E-state index contributed by atoms with van der Waals surface area (Å²) < 4.78 is 1.67. The van der Waals surface area contributed by atoms with Crippen LogP contribution in [0.4, 0.5) is 0 Å². The Kier molecular flexibility index (Phi) is 3.89. The van der Waals surface area contributed by atoms with E-state index in [4.69, 9.17) is 0 Å². The van der Waals surface area contributed by atoms with E-state index in [1.165, 1.54) is 0 Å². The second kappa shape index (κ2) is 5.60. The Bertz CT molecular complexity index is 551. The van der Waals surface area contributed by atoms with E-state index in [2.05, 4.69) is 15.1 Å². The molecule has 1 amide bonds. The maximum Gasteiger partial charge on any atom is 0.247 e. The van der Waals surface area contributed by atoms with E-state index in [1.54, 1.807) is 41.4 Å². The summed E-state index contributed by atoms with van der Waals surface area (Å²) in [4.78, 5) is 22.0. The predicted molar refractivity (Wildman–Crippen MR) is 70.2 cm³/mol. The molecule has 2 rings (SSSR count).